The summed E-state index contributed by atoms with van der Waals surface area (Å²) < 4.78 is 11.9. The Morgan fingerprint density at radius 2 is 1.68 bits per heavy atom. The Balaban J connectivity index is 1.65. The van der Waals surface area contributed by atoms with Crippen molar-refractivity contribution < 1.29 is 14.3 Å². The van der Waals surface area contributed by atoms with Gasteiger partial charge in [0.2, 0.25) is 6.10 Å². The van der Waals surface area contributed by atoms with Crippen molar-refractivity contribution in [2.45, 2.75) is 25.7 Å². The van der Waals surface area contributed by atoms with Gasteiger partial charge in [0.05, 0.1) is 12.2 Å². The van der Waals surface area contributed by atoms with E-state index in [2.05, 4.69) is 4.98 Å². The second-order valence-electron chi connectivity index (χ2n) is 6.53. The summed E-state index contributed by atoms with van der Waals surface area (Å²) in [6.07, 6.45) is 0.508. The Kier molecular flexibility index (Phi) is 5.17. The van der Waals surface area contributed by atoms with E-state index in [-0.39, 0.29) is 5.91 Å². The molecule has 4 rings (SSSR count). The number of rotatable bonds is 4. The van der Waals surface area contributed by atoms with Crippen molar-refractivity contribution in [3.8, 4) is 11.5 Å². The molecule has 0 saturated carbocycles. The Labute approximate surface area is 168 Å². The van der Waals surface area contributed by atoms with Crippen molar-refractivity contribution in [1.82, 2.24) is 4.98 Å². The number of fused-ring (bicyclic) bond motifs is 1. The molecule has 0 saturated heterocycles. The lowest BCUT2D eigenvalue weighted by molar-refractivity contribution is -0.130. The number of pyridine rings is 1. The predicted molar refractivity (Wildman–Crippen MR) is 108 cm³/mol. The van der Waals surface area contributed by atoms with Gasteiger partial charge in [0.1, 0.15) is 6.10 Å². The zero-order valence-corrected chi connectivity index (χ0v) is 16.0. The minimum Gasteiger partial charge on any atom is -0.482 e. The molecule has 0 aliphatic carbocycles. The van der Waals surface area contributed by atoms with Crippen LogP contribution in [0.5, 0.6) is 11.5 Å². The molecule has 2 atom stereocenters. The van der Waals surface area contributed by atoms with Crippen LogP contribution in [-0.4, -0.2) is 23.1 Å². The number of hydrogen-bond donors (Lipinski definition) is 0. The molecule has 3 aromatic rings. The number of benzene rings is 2. The molecule has 1 aromatic heterocycles. The molecule has 28 heavy (non-hydrogen) atoms. The molecule has 1 aliphatic rings. The number of anilines is 1. The standard InChI is InChI=1S/C22H19ClN2O3/c1-15-21(28-20-8-3-2-7-19(20)27-15)22(26)25(14-17-6-4-5-13-24-17)18-11-9-16(23)10-12-18/h2-13,15,21H,14H2,1H3/t15-,21+/m0/s1. The lowest BCUT2D eigenvalue weighted by Gasteiger charge is -2.34. The van der Waals surface area contributed by atoms with E-state index in [0.29, 0.717) is 23.1 Å². The number of aromatic nitrogens is 1. The molecule has 1 amide bonds. The highest BCUT2D eigenvalue weighted by atomic mass is 35.5. The smallest absolute Gasteiger partial charge is 0.272 e. The molecule has 6 heteroatoms. The van der Waals surface area contributed by atoms with Crippen LogP contribution in [-0.2, 0) is 11.3 Å². The van der Waals surface area contributed by atoms with E-state index < -0.39 is 12.2 Å². The second-order valence-corrected chi connectivity index (χ2v) is 6.97. The molecule has 2 aromatic carbocycles. The lowest BCUT2D eigenvalue weighted by Crippen LogP contribution is -2.50. The fraction of sp³-hybridized carbons (Fsp3) is 0.182. The van der Waals surface area contributed by atoms with Gasteiger partial charge < -0.3 is 14.4 Å². The van der Waals surface area contributed by atoms with E-state index in [1.54, 1.807) is 29.3 Å². The van der Waals surface area contributed by atoms with Crippen LogP contribution in [0.1, 0.15) is 12.6 Å². The third-order valence-corrected chi connectivity index (χ3v) is 4.79. The summed E-state index contributed by atoms with van der Waals surface area (Å²) in [7, 11) is 0. The van der Waals surface area contributed by atoms with Crippen molar-refractivity contribution in [3.05, 3.63) is 83.6 Å². The SMILES string of the molecule is C[C@@H]1Oc2ccccc2O[C@H]1C(=O)N(Cc1ccccn1)c1ccc(Cl)cc1. The summed E-state index contributed by atoms with van der Waals surface area (Å²) in [6.45, 7) is 2.15. The number of carbonyl (C=O) groups excluding carboxylic acids is 1. The fourth-order valence-corrected chi connectivity index (χ4v) is 3.24. The minimum absolute atomic E-state index is 0.199. The molecule has 0 unspecified atom stereocenters. The molecule has 0 fully saturated rings. The van der Waals surface area contributed by atoms with Gasteiger partial charge in [0.25, 0.3) is 5.91 Å². The van der Waals surface area contributed by atoms with Gasteiger partial charge in [-0.1, -0.05) is 29.8 Å². The Hall–Kier alpha value is -3.05. The molecule has 0 N–H and O–H groups in total. The summed E-state index contributed by atoms with van der Waals surface area (Å²) in [6, 6.07) is 20.1. The molecule has 0 radical (unpaired) electrons. The van der Waals surface area contributed by atoms with E-state index in [4.69, 9.17) is 21.1 Å². The molecule has 142 valence electrons. The van der Waals surface area contributed by atoms with Gasteiger partial charge in [0, 0.05) is 16.9 Å². The Bertz CT molecular complexity index is 963. The molecular weight excluding hydrogens is 376 g/mol. The Morgan fingerprint density at radius 3 is 2.36 bits per heavy atom. The van der Waals surface area contributed by atoms with E-state index in [1.165, 1.54) is 0 Å². The van der Waals surface area contributed by atoms with Crippen molar-refractivity contribution in [3.63, 3.8) is 0 Å². The van der Waals surface area contributed by atoms with Gasteiger partial charge in [-0.05, 0) is 55.5 Å². The van der Waals surface area contributed by atoms with E-state index in [1.807, 2.05) is 55.5 Å². The maximum atomic E-state index is 13.5. The summed E-state index contributed by atoms with van der Waals surface area (Å²) in [5, 5.41) is 0.605. The molecule has 2 heterocycles. The maximum absolute atomic E-state index is 13.5. The largest absolute Gasteiger partial charge is 0.482 e. The fourth-order valence-electron chi connectivity index (χ4n) is 3.12. The van der Waals surface area contributed by atoms with Crippen LogP contribution in [0.4, 0.5) is 5.69 Å². The van der Waals surface area contributed by atoms with Crippen LogP contribution in [0.3, 0.4) is 0 Å². The minimum atomic E-state index is -0.769. The molecular formula is C22H19ClN2O3. The normalized spacial score (nSPS) is 17.8. The first-order valence-corrected chi connectivity index (χ1v) is 9.39. The van der Waals surface area contributed by atoms with Crippen molar-refractivity contribution in [2.24, 2.45) is 0 Å². The number of hydrogen-bond acceptors (Lipinski definition) is 4. The molecule has 0 bridgehead atoms. The monoisotopic (exact) mass is 394 g/mol. The third-order valence-electron chi connectivity index (χ3n) is 4.54. The predicted octanol–water partition coefficient (Wildman–Crippen LogP) is 4.50. The number of carbonyl (C=O) groups is 1. The van der Waals surface area contributed by atoms with Crippen molar-refractivity contribution in [1.29, 1.82) is 0 Å². The van der Waals surface area contributed by atoms with Gasteiger partial charge in [-0.15, -0.1) is 0 Å². The molecule has 1 aliphatic heterocycles. The Morgan fingerprint density at radius 1 is 1.00 bits per heavy atom. The number of amides is 1. The number of halogens is 1. The number of ether oxygens (including phenoxy) is 2. The summed E-state index contributed by atoms with van der Waals surface area (Å²) in [5.41, 5.74) is 1.49. The topological polar surface area (TPSA) is 51.7 Å². The van der Waals surface area contributed by atoms with Crippen LogP contribution >= 0.6 is 11.6 Å². The van der Waals surface area contributed by atoms with E-state index in [9.17, 15) is 4.79 Å². The zero-order valence-electron chi connectivity index (χ0n) is 15.3. The quantitative estimate of drug-likeness (QED) is 0.654. The van der Waals surface area contributed by atoms with Crippen LogP contribution in [0.2, 0.25) is 5.02 Å². The summed E-state index contributed by atoms with van der Waals surface area (Å²) >= 11 is 6.02. The van der Waals surface area contributed by atoms with Gasteiger partial charge >= 0.3 is 0 Å². The van der Waals surface area contributed by atoms with Gasteiger partial charge in [0.15, 0.2) is 11.5 Å². The molecule has 5 nitrogen and oxygen atoms in total. The van der Waals surface area contributed by atoms with Crippen LogP contribution in [0, 0.1) is 0 Å². The first-order valence-electron chi connectivity index (χ1n) is 9.01. The highest BCUT2D eigenvalue weighted by Crippen LogP contribution is 2.34. The van der Waals surface area contributed by atoms with Crippen LogP contribution in [0.25, 0.3) is 0 Å². The maximum Gasteiger partial charge on any atom is 0.272 e. The average molecular weight is 395 g/mol. The summed E-state index contributed by atoms with van der Waals surface area (Å²) in [5.74, 6) is 1.00. The van der Waals surface area contributed by atoms with Gasteiger partial charge in [-0.25, -0.2) is 0 Å². The summed E-state index contributed by atoms with van der Waals surface area (Å²) in [4.78, 5) is 19.5. The van der Waals surface area contributed by atoms with Crippen LogP contribution < -0.4 is 14.4 Å². The van der Waals surface area contributed by atoms with E-state index in [0.717, 1.165) is 11.4 Å². The first-order chi connectivity index (χ1) is 13.6. The second kappa shape index (κ2) is 7.90. The van der Waals surface area contributed by atoms with Crippen molar-refractivity contribution in [2.75, 3.05) is 4.90 Å². The first kappa shape index (κ1) is 18.3. The molecule has 0 spiro atoms. The highest BCUT2D eigenvalue weighted by molar-refractivity contribution is 6.30. The zero-order chi connectivity index (χ0) is 19.5. The number of para-hydroxylation sites is 2. The average Bonchev–Trinajstić information content (AvgIpc) is 2.72. The van der Waals surface area contributed by atoms with Crippen LogP contribution in [0.15, 0.2) is 72.9 Å². The van der Waals surface area contributed by atoms with Gasteiger partial charge in [-0.3, -0.25) is 9.78 Å². The van der Waals surface area contributed by atoms with E-state index >= 15 is 0 Å². The van der Waals surface area contributed by atoms with Crippen molar-refractivity contribution >= 4 is 23.2 Å². The number of nitrogens with zero attached hydrogens (tertiary/aromatic N) is 2. The highest BCUT2D eigenvalue weighted by Gasteiger charge is 2.37. The van der Waals surface area contributed by atoms with Gasteiger partial charge in [-0.2, -0.15) is 0 Å². The third kappa shape index (κ3) is 3.80. The lowest BCUT2D eigenvalue weighted by atomic mass is 10.1.